The van der Waals surface area contributed by atoms with Gasteiger partial charge in [-0.15, -0.1) is 0 Å². The molecule has 2 aliphatic carbocycles. The van der Waals surface area contributed by atoms with E-state index in [1.165, 1.54) is 9.80 Å². The summed E-state index contributed by atoms with van der Waals surface area (Å²) < 4.78 is 0. The Morgan fingerprint density at radius 3 is 2.19 bits per heavy atom. The number of benzene rings is 5. The summed E-state index contributed by atoms with van der Waals surface area (Å²) in [5, 5.41) is 12.8. The molecule has 0 radical (unpaired) electrons. The Morgan fingerprint density at radius 1 is 0.731 bits per heavy atom. The summed E-state index contributed by atoms with van der Waals surface area (Å²) in [6.07, 6.45) is 4.26. The fourth-order valence-electron chi connectivity index (χ4n) is 9.66. The molecule has 2 saturated heterocycles. The molecule has 6 atom stereocenters. The van der Waals surface area contributed by atoms with Gasteiger partial charge in [-0.2, -0.15) is 0 Å². The third kappa shape index (κ3) is 4.38. The van der Waals surface area contributed by atoms with Gasteiger partial charge in [0.05, 0.1) is 34.5 Å². The lowest BCUT2D eigenvalue weighted by Crippen LogP contribution is -2.53. The molecule has 1 saturated carbocycles. The minimum Gasteiger partial charge on any atom is -0.507 e. The van der Waals surface area contributed by atoms with E-state index in [0.717, 1.165) is 22.1 Å². The summed E-state index contributed by atoms with van der Waals surface area (Å²) in [5.74, 6) is -4.68. The van der Waals surface area contributed by atoms with Crippen LogP contribution >= 0.6 is 11.6 Å². The summed E-state index contributed by atoms with van der Waals surface area (Å²) in [6.45, 7) is 3.81. The highest BCUT2D eigenvalue weighted by Crippen LogP contribution is 2.65. The van der Waals surface area contributed by atoms with Crippen molar-refractivity contribution in [3.05, 3.63) is 155 Å². The van der Waals surface area contributed by atoms with Crippen molar-refractivity contribution in [2.45, 2.75) is 24.2 Å². The Labute approximate surface area is 305 Å². The number of carbonyl (C=O) groups excluding carboxylic acids is 4. The van der Waals surface area contributed by atoms with Crippen LogP contribution < -0.4 is 9.80 Å². The Morgan fingerprint density at radius 2 is 1.46 bits per heavy atom. The third-order valence-electron chi connectivity index (χ3n) is 11.8. The van der Waals surface area contributed by atoms with Crippen LogP contribution in [-0.4, -0.2) is 28.7 Å². The quantitative estimate of drug-likeness (QED) is 0.147. The number of hydrogen-bond donors (Lipinski definition) is 1. The van der Waals surface area contributed by atoms with Gasteiger partial charge < -0.3 is 5.11 Å². The molecular formula is C44H33ClN2O5. The van der Waals surface area contributed by atoms with Crippen molar-refractivity contribution in [2.24, 2.45) is 23.7 Å². The number of allylic oxidation sites excluding steroid dienone is 2. The van der Waals surface area contributed by atoms with Crippen LogP contribution in [0.2, 0.25) is 5.02 Å². The fraction of sp³-hybridized carbons (Fsp3) is 0.182. The van der Waals surface area contributed by atoms with Crippen LogP contribution in [0, 0.1) is 23.7 Å². The predicted octanol–water partition coefficient (Wildman–Crippen LogP) is 8.21. The average Bonchev–Trinajstić information content (AvgIpc) is 3.56. The molecule has 0 spiro atoms. The summed E-state index contributed by atoms with van der Waals surface area (Å²) in [7, 11) is 0. The molecule has 2 heterocycles. The number of phenols is 1. The van der Waals surface area contributed by atoms with E-state index in [1.54, 1.807) is 48.5 Å². The van der Waals surface area contributed by atoms with Gasteiger partial charge in [0, 0.05) is 16.3 Å². The second-order valence-electron chi connectivity index (χ2n) is 14.1. The zero-order valence-corrected chi connectivity index (χ0v) is 28.7. The summed E-state index contributed by atoms with van der Waals surface area (Å²) in [6, 6.07) is 34.3. The average molecular weight is 705 g/mol. The summed E-state index contributed by atoms with van der Waals surface area (Å²) in [5.41, 5.74) is 2.62. The van der Waals surface area contributed by atoms with Crippen molar-refractivity contribution in [1.29, 1.82) is 0 Å². The van der Waals surface area contributed by atoms with E-state index in [0.29, 0.717) is 33.8 Å². The molecule has 256 valence electrons. The first-order chi connectivity index (χ1) is 25.2. The van der Waals surface area contributed by atoms with Gasteiger partial charge in [-0.3, -0.25) is 24.1 Å². The van der Waals surface area contributed by atoms with Gasteiger partial charge in [-0.05, 0) is 77.2 Å². The van der Waals surface area contributed by atoms with Gasteiger partial charge in [0.25, 0.3) is 0 Å². The Hall–Kier alpha value is -5.79. The molecule has 8 heteroatoms. The molecule has 1 N–H and O–H groups in total. The highest BCUT2D eigenvalue weighted by Gasteiger charge is 2.70. The fourth-order valence-corrected chi connectivity index (χ4v) is 9.84. The van der Waals surface area contributed by atoms with E-state index in [4.69, 9.17) is 11.6 Å². The van der Waals surface area contributed by atoms with Crippen LogP contribution in [0.15, 0.2) is 133 Å². The topological polar surface area (TPSA) is 95.0 Å². The number of phenolic OH excluding ortho intramolecular Hbond substituents is 1. The molecule has 4 amide bonds. The molecule has 0 aromatic heterocycles. The van der Waals surface area contributed by atoms with Gasteiger partial charge in [0.15, 0.2) is 0 Å². The Balaban J connectivity index is 1.29. The Kier molecular flexibility index (Phi) is 7.35. The molecule has 4 aliphatic rings. The van der Waals surface area contributed by atoms with Crippen LogP contribution in [0.25, 0.3) is 16.8 Å². The van der Waals surface area contributed by atoms with E-state index in [-0.39, 0.29) is 35.8 Å². The number of halogens is 1. The van der Waals surface area contributed by atoms with E-state index in [2.05, 4.69) is 6.58 Å². The van der Waals surface area contributed by atoms with E-state index >= 15 is 9.59 Å². The largest absolute Gasteiger partial charge is 0.507 e. The van der Waals surface area contributed by atoms with Crippen LogP contribution in [0.4, 0.5) is 11.4 Å². The molecule has 5 aromatic rings. The SMILES string of the molecule is C=Cc1ccc(N2C(=O)C3CC=C4C(CC5C(=O)N(c6cccc(Cl)c6)C(=O)C5(c5ccccc5)C4c4ccc(O)c5ccccc45)C3C2=O)cc1. The normalized spacial score (nSPS) is 26.6. The standard InChI is InChI=1S/C44H33ClN2O5/c1-2-25-15-17-28(18-16-25)46-40(49)34-20-19-33-35(38(34)42(46)51)24-36-41(50)47(29-12-8-11-27(45)23-29)43(52)44(36,26-9-4-3-5-10-26)39(33)32-21-22-37(48)31-14-7-6-13-30(31)32/h2-19,21-23,34-36,38-39,48H,1,20,24H2. The number of amides is 4. The zero-order chi connectivity index (χ0) is 35.9. The molecule has 2 aliphatic heterocycles. The zero-order valence-electron chi connectivity index (χ0n) is 28.0. The number of imide groups is 2. The first kappa shape index (κ1) is 32.1. The highest BCUT2D eigenvalue weighted by molar-refractivity contribution is 6.32. The number of anilines is 2. The van der Waals surface area contributed by atoms with Crippen molar-refractivity contribution < 1.29 is 24.3 Å². The third-order valence-corrected chi connectivity index (χ3v) is 12.0. The summed E-state index contributed by atoms with van der Waals surface area (Å²) in [4.78, 5) is 61.9. The van der Waals surface area contributed by atoms with Crippen LogP contribution in [-0.2, 0) is 24.6 Å². The number of nitrogens with zero attached hydrogens (tertiary/aromatic N) is 2. The van der Waals surface area contributed by atoms with Crippen LogP contribution in [0.1, 0.15) is 35.4 Å². The van der Waals surface area contributed by atoms with Gasteiger partial charge >= 0.3 is 0 Å². The van der Waals surface area contributed by atoms with E-state index < -0.39 is 35.0 Å². The van der Waals surface area contributed by atoms with Gasteiger partial charge in [-0.25, -0.2) is 4.90 Å². The maximum absolute atomic E-state index is 15.5. The second-order valence-corrected chi connectivity index (χ2v) is 14.6. The molecule has 5 aromatic carbocycles. The molecule has 3 fully saturated rings. The number of hydrogen-bond acceptors (Lipinski definition) is 5. The summed E-state index contributed by atoms with van der Waals surface area (Å²) >= 11 is 6.44. The lowest BCUT2D eigenvalue weighted by atomic mass is 9.49. The molecular weight excluding hydrogens is 672 g/mol. The minimum atomic E-state index is -1.42. The molecule has 9 rings (SSSR count). The number of aromatic hydroxyl groups is 1. The lowest BCUT2D eigenvalue weighted by molar-refractivity contribution is -0.127. The van der Waals surface area contributed by atoms with Crippen molar-refractivity contribution in [3.8, 4) is 5.75 Å². The monoisotopic (exact) mass is 704 g/mol. The predicted molar refractivity (Wildman–Crippen MR) is 201 cm³/mol. The second kappa shape index (κ2) is 11.9. The molecule has 7 nitrogen and oxygen atoms in total. The minimum absolute atomic E-state index is 0.0961. The maximum Gasteiger partial charge on any atom is 0.246 e. The van der Waals surface area contributed by atoms with Crippen molar-refractivity contribution in [1.82, 2.24) is 0 Å². The van der Waals surface area contributed by atoms with Crippen molar-refractivity contribution >= 4 is 63.5 Å². The van der Waals surface area contributed by atoms with E-state index in [1.807, 2.05) is 78.9 Å². The van der Waals surface area contributed by atoms with Crippen molar-refractivity contribution in [3.63, 3.8) is 0 Å². The first-order valence-electron chi connectivity index (χ1n) is 17.5. The number of fused-ring (bicyclic) bond motifs is 5. The highest BCUT2D eigenvalue weighted by atomic mass is 35.5. The number of rotatable bonds is 5. The smallest absolute Gasteiger partial charge is 0.246 e. The van der Waals surface area contributed by atoms with Gasteiger partial charge in [0.1, 0.15) is 5.75 Å². The van der Waals surface area contributed by atoms with Crippen LogP contribution in [0.5, 0.6) is 5.75 Å². The Bertz CT molecular complexity index is 2390. The van der Waals surface area contributed by atoms with Crippen molar-refractivity contribution in [2.75, 3.05) is 9.80 Å². The van der Waals surface area contributed by atoms with Gasteiger partial charge in [0.2, 0.25) is 23.6 Å². The number of carbonyl (C=O) groups is 4. The molecule has 0 bridgehead atoms. The molecule has 52 heavy (non-hydrogen) atoms. The first-order valence-corrected chi connectivity index (χ1v) is 17.8. The molecule has 6 unspecified atom stereocenters. The van der Waals surface area contributed by atoms with Crippen LogP contribution in [0.3, 0.4) is 0 Å². The van der Waals surface area contributed by atoms with Gasteiger partial charge in [-0.1, -0.05) is 115 Å². The maximum atomic E-state index is 15.5. The van der Waals surface area contributed by atoms with E-state index in [9.17, 15) is 14.7 Å². The lowest BCUT2D eigenvalue weighted by Gasteiger charge is -2.51.